The summed E-state index contributed by atoms with van der Waals surface area (Å²) in [5.41, 5.74) is 1.08. The van der Waals surface area contributed by atoms with Crippen molar-refractivity contribution in [2.45, 2.75) is 43.5 Å². The van der Waals surface area contributed by atoms with Crippen LogP contribution in [0.25, 0.3) is 0 Å². The van der Waals surface area contributed by atoms with Crippen molar-refractivity contribution in [2.24, 2.45) is 5.92 Å². The largest absolute Gasteiger partial charge is 0.316 e. The second kappa shape index (κ2) is 7.20. The van der Waals surface area contributed by atoms with Crippen LogP contribution in [0.15, 0.2) is 29.2 Å². The Morgan fingerprint density at radius 1 is 1.10 bits per heavy atom. The molecule has 2 rings (SSSR count). The number of nitrogens with one attached hydrogen (secondary N) is 2. The molecule has 1 aromatic rings. The van der Waals surface area contributed by atoms with Crippen LogP contribution < -0.4 is 10.0 Å². The van der Waals surface area contributed by atoms with Crippen molar-refractivity contribution in [3.05, 3.63) is 29.8 Å². The van der Waals surface area contributed by atoms with Gasteiger partial charge in [-0.2, -0.15) is 0 Å². The van der Waals surface area contributed by atoms with E-state index in [1.165, 1.54) is 19.3 Å². The highest BCUT2D eigenvalue weighted by molar-refractivity contribution is 7.89. The van der Waals surface area contributed by atoms with Gasteiger partial charge >= 0.3 is 0 Å². The second-order valence-electron chi connectivity index (χ2n) is 5.53. The van der Waals surface area contributed by atoms with Crippen molar-refractivity contribution < 1.29 is 8.42 Å². The van der Waals surface area contributed by atoms with Crippen LogP contribution in [0.5, 0.6) is 0 Å². The molecule has 0 aliphatic heterocycles. The average molecular weight is 296 g/mol. The molecule has 0 atom stereocenters. The molecule has 1 aromatic carbocycles. The van der Waals surface area contributed by atoms with Crippen LogP contribution in [-0.2, 0) is 16.6 Å². The molecule has 2 N–H and O–H groups in total. The maximum absolute atomic E-state index is 12.2. The van der Waals surface area contributed by atoms with Crippen molar-refractivity contribution in [3.63, 3.8) is 0 Å². The number of hydrogen-bond acceptors (Lipinski definition) is 3. The molecular formula is C15H24N2O2S. The van der Waals surface area contributed by atoms with Gasteiger partial charge in [-0.25, -0.2) is 13.1 Å². The first kappa shape index (κ1) is 15.5. The highest BCUT2D eigenvalue weighted by atomic mass is 32.2. The molecule has 112 valence electrons. The van der Waals surface area contributed by atoms with Crippen molar-refractivity contribution in [2.75, 3.05) is 13.6 Å². The van der Waals surface area contributed by atoms with Crippen LogP contribution in [-0.4, -0.2) is 22.0 Å². The fourth-order valence-electron chi connectivity index (χ4n) is 2.69. The molecule has 1 saturated carbocycles. The summed E-state index contributed by atoms with van der Waals surface area (Å²) in [5.74, 6) is 0.502. The maximum atomic E-state index is 12.2. The van der Waals surface area contributed by atoms with E-state index < -0.39 is 10.0 Å². The summed E-state index contributed by atoms with van der Waals surface area (Å²) < 4.78 is 27.2. The van der Waals surface area contributed by atoms with E-state index in [2.05, 4.69) is 10.0 Å². The molecule has 0 radical (unpaired) electrons. The van der Waals surface area contributed by atoms with Crippen molar-refractivity contribution in [1.29, 1.82) is 0 Å². The summed E-state index contributed by atoms with van der Waals surface area (Å²) >= 11 is 0. The van der Waals surface area contributed by atoms with Gasteiger partial charge < -0.3 is 5.32 Å². The van der Waals surface area contributed by atoms with Gasteiger partial charge in [-0.15, -0.1) is 0 Å². The van der Waals surface area contributed by atoms with E-state index >= 15 is 0 Å². The van der Waals surface area contributed by atoms with Gasteiger partial charge in [0, 0.05) is 13.1 Å². The minimum absolute atomic E-state index is 0.355. The Kier molecular flexibility index (Phi) is 5.57. The Balaban J connectivity index is 1.94. The number of benzene rings is 1. The molecule has 1 aliphatic carbocycles. The molecule has 0 bridgehead atoms. The highest BCUT2D eigenvalue weighted by Crippen LogP contribution is 2.23. The standard InChI is InChI=1S/C15H24N2O2S/c1-16-11-14-7-9-15(10-8-14)20(18,19)17-12-13-5-3-2-4-6-13/h7-10,13,16-17H,2-6,11-12H2,1H3. The molecule has 1 aliphatic rings. The van der Waals surface area contributed by atoms with Gasteiger partial charge in [0.2, 0.25) is 10.0 Å². The van der Waals surface area contributed by atoms with Crippen molar-refractivity contribution in [1.82, 2.24) is 10.0 Å². The van der Waals surface area contributed by atoms with Gasteiger partial charge in [-0.3, -0.25) is 0 Å². The third kappa shape index (κ3) is 4.30. The first-order valence-electron chi connectivity index (χ1n) is 7.35. The van der Waals surface area contributed by atoms with Crippen LogP contribution in [0.3, 0.4) is 0 Å². The van der Waals surface area contributed by atoms with Crippen molar-refractivity contribution in [3.8, 4) is 0 Å². The van der Waals surface area contributed by atoms with E-state index in [4.69, 9.17) is 0 Å². The lowest BCUT2D eigenvalue weighted by molar-refractivity contribution is 0.357. The lowest BCUT2D eigenvalue weighted by Crippen LogP contribution is -2.30. The van der Waals surface area contributed by atoms with E-state index in [0.717, 1.165) is 24.9 Å². The summed E-state index contributed by atoms with van der Waals surface area (Å²) in [5, 5.41) is 3.05. The van der Waals surface area contributed by atoms with Gasteiger partial charge in [-0.05, 0) is 43.5 Å². The predicted molar refractivity (Wildman–Crippen MR) is 81.0 cm³/mol. The zero-order chi connectivity index (χ0) is 14.4. The molecule has 1 fully saturated rings. The Labute approximate surface area is 122 Å². The second-order valence-corrected chi connectivity index (χ2v) is 7.30. The first-order valence-corrected chi connectivity index (χ1v) is 8.83. The van der Waals surface area contributed by atoms with Crippen LogP contribution >= 0.6 is 0 Å². The molecule has 0 aromatic heterocycles. The molecule has 5 heteroatoms. The molecule has 0 unspecified atom stereocenters. The summed E-state index contributed by atoms with van der Waals surface area (Å²) in [4.78, 5) is 0.355. The smallest absolute Gasteiger partial charge is 0.240 e. The number of sulfonamides is 1. The zero-order valence-corrected chi connectivity index (χ0v) is 12.9. The van der Waals surface area contributed by atoms with E-state index in [1.807, 2.05) is 19.2 Å². The number of hydrogen-bond donors (Lipinski definition) is 2. The summed E-state index contributed by atoms with van der Waals surface area (Å²) in [6.07, 6.45) is 6.03. The van der Waals surface area contributed by atoms with Crippen molar-refractivity contribution >= 4 is 10.0 Å². The van der Waals surface area contributed by atoms with Crippen LogP contribution in [0.1, 0.15) is 37.7 Å². The third-order valence-corrected chi connectivity index (χ3v) is 5.34. The summed E-state index contributed by atoms with van der Waals surface area (Å²) in [6.45, 7) is 1.32. The molecule has 0 saturated heterocycles. The van der Waals surface area contributed by atoms with Crippen LogP contribution in [0.4, 0.5) is 0 Å². The molecule has 20 heavy (non-hydrogen) atoms. The zero-order valence-electron chi connectivity index (χ0n) is 12.1. The Morgan fingerprint density at radius 3 is 2.35 bits per heavy atom. The quantitative estimate of drug-likeness (QED) is 0.846. The monoisotopic (exact) mass is 296 g/mol. The summed E-state index contributed by atoms with van der Waals surface area (Å²) in [7, 11) is -1.49. The Morgan fingerprint density at radius 2 is 1.75 bits per heavy atom. The SMILES string of the molecule is CNCc1ccc(S(=O)(=O)NCC2CCCCC2)cc1. The normalized spacial score (nSPS) is 17.2. The fraction of sp³-hybridized carbons (Fsp3) is 0.600. The third-order valence-electron chi connectivity index (χ3n) is 3.90. The summed E-state index contributed by atoms with van der Waals surface area (Å²) in [6, 6.07) is 7.06. The Bertz CT molecular complexity index is 505. The van der Waals surface area contributed by atoms with Gasteiger partial charge in [0.25, 0.3) is 0 Å². The lowest BCUT2D eigenvalue weighted by atomic mass is 9.90. The average Bonchev–Trinajstić information content (AvgIpc) is 2.47. The lowest BCUT2D eigenvalue weighted by Gasteiger charge is -2.21. The molecule has 0 amide bonds. The molecular weight excluding hydrogens is 272 g/mol. The molecule has 4 nitrogen and oxygen atoms in total. The van der Waals surface area contributed by atoms with E-state index in [9.17, 15) is 8.42 Å². The minimum Gasteiger partial charge on any atom is -0.316 e. The van der Waals surface area contributed by atoms with Gasteiger partial charge in [-0.1, -0.05) is 31.4 Å². The highest BCUT2D eigenvalue weighted by Gasteiger charge is 2.18. The molecule has 0 spiro atoms. The van der Waals surface area contributed by atoms with Crippen LogP contribution in [0, 0.1) is 5.92 Å². The molecule has 0 heterocycles. The fourth-order valence-corrected chi connectivity index (χ4v) is 3.81. The topological polar surface area (TPSA) is 58.2 Å². The van der Waals surface area contributed by atoms with Gasteiger partial charge in [0.1, 0.15) is 0 Å². The number of rotatable bonds is 6. The van der Waals surface area contributed by atoms with Crippen LogP contribution in [0.2, 0.25) is 0 Å². The van der Waals surface area contributed by atoms with E-state index in [-0.39, 0.29) is 0 Å². The Hall–Kier alpha value is -0.910. The maximum Gasteiger partial charge on any atom is 0.240 e. The van der Waals surface area contributed by atoms with Gasteiger partial charge in [0.05, 0.1) is 4.90 Å². The first-order chi connectivity index (χ1) is 9.62. The van der Waals surface area contributed by atoms with E-state index in [1.54, 1.807) is 12.1 Å². The van der Waals surface area contributed by atoms with E-state index in [0.29, 0.717) is 17.4 Å². The minimum atomic E-state index is -3.36. The predicted octanol–water partition coefficient (Wildman–Crippen LogP) is 2.26. The van der Waals surface area contributed by atoms with Gasteiger partial charge in [0.15, 0.2) is 0 Å².